The number of nitrogens with zero attached hydrogens (tertiary/aromatic N) is 1. The van der Waals surface area contributed by atoms with Crippen molar-refractivity contribution in [1.82, 2.24) is 4.90 Å². The van der Waals surface area contributed by atoms with Crippen LogP contribution in [-0.2, 0) is 19.1 Å². The molecule has 0 atom stereocenters. The second kappa shape index (κ2) is 12.2. The Kier molecular flexibility index (Phi) is 9.05. The van der Waals surface area contributed by atoms with Crippen molar-refractivity contribution in [3.8, 4) is 17.2 Å². The van der Waals surface area contributed by atoms with E-state index in [1.807, 2.05) is 43.3 Å². The van der Waals surface area contributed by atoms with Gasteiger partial charge in [0.2, 0.25) is 0 Å². The lowest BCUT2D eigenvalue weighted by Gasteiger charge is -2.24. The summed E-state index contributed by atoms with van der Waals surface area (Å²) >= 11 is 0. The number of hydrogen-bond acceptors (Lipinski definition) is 4. The van der Waals surface area contributed by atoms with E-state index in [2.05, 4.69) is 5.32 Å². The summed E-state index contributed by atoms with van der Waals surface area (Å²) in [6, 6.07) is 16.9. The van der Waals surface area contributed by atoms with Gasteiger partial charge < -0.3 is 24.4 Å². The molecule has 0 bridgehead atoms. The molecule has 0 saturated carbocycles. The number of anilines is 1. The number of amides is 2. The highest BCUT2D eigenvalue weighted by molar-refractivity contribution is 5.89. The van der Waals surface area contributed by atoms with Gasteiger partial charge in [-0.3, -0.25) is 0 Å². The van der Waals surface area contributed by atoms with E-state index < -0.39 is 17.8 Å². The minimum Gasteiger partial charge on any atom is -0.494 e. The number of ether oxygens (including phenoxy) is 3. The van der Waals surface area contributed by atoms with E-state index in [1.54, 1.807) is 25.2 Å². The first-order valence-electron chi connectivity index (χ1n) is 11.4. The van der Waals surface area contributed by atoms with Crippen molar-refractivity contribution in [3.05, 3.63) is 83.4 Å². The van der Waals surface area contributed by atoms with Crippen LogP contribution in [0.5, 0.6) is 17.2 Å². The molecule has 0 fully saturated rings. The number of nitrogens with one attached hydrogen (secondary N) is 1. The number of halogens is 3. The minimum absolute atomic E-state index is 0.0673. The second-order valence-electron chi connectivity index (χ2n) is 7.95. The third kappa shape index (κ3) is 7.31. The van der Waals surface area contributed by atoms with Gasteiger partial charge in [-0.05, 0) is 66.9 Å². The molecule has 0 heterocycles. The van der Waals surface area contributed by atoms with E-state index >= 15 is 0 Å². The fourth-order valence-electron chi connectivity index (χ4n) is 3.61. The molecule has 36 heavy (non-hydrogen) atoms. The first-order chi connectivity index (χ1) is 17.2. The van der Waals surface area contributed by atoms with Crippen molar-refractivity contribution in [2.45, 2.75) is 26.1 Å². The zero-order chi connectivity index (χ0) is 26.1. The average molecular weight is 503 g/mol. The molecule has 0 saturated heterocycles. The largest absolute Gasteiger partial charge is 0.494 e. The van der Waals surface area contributed by atoms with Crippen molar-refractivity contribution in [3.63, 3.8) is 0 Å². The first-order valence-corrected chi connectivity index (χ1v) is 11.4. The van der Waals surface area contributed by atoms with Gasteiger partial charge in [-0.2, -0.15) is 13.2 Å². The summed E-state index contributed by atoms with van der Waals surface area (Å²) in [5.41, 5.74) is 1.00. The van der Waals surface area contributed by atoms with E-state index in [0.29, 0.717) is 36.8 Å². The van der Waals surface area contributed by atoms with Crippen molar-refractivity contribution in [2.24, 2.45) is 0 Å². The number of alkyl halides is 3. The Morgan fingerprint density at radius 1 is 0.917 bits per heavy atom. The molecule has 0 spiro atoms. The Morgan fingerprint density at radius 3 is 2.25 bits per heavy atom. The van der Waals surface area contributed by atoms with E-state index in [0.717, 1.165) is 23.3 Å². The zero-order valence-corrected chi connectivity index (χ0v) is 20.4. The van der Waals surface area contributed by atoms with Gasteiger partial charge in [-0.15, -0.1) is 0 Å². The molecule has 3 aromatic carbocycles. The molecule has 0 aliphatic carbocycles. The number of benzene rings is 3. The predicted octanol–water partition coefficient (Wildman–Crippen LogP) is 6.40. The maximum Gasteiger partial charge on any atom is 0.416 e. The predicted molar refractivity (Wildman–Crippen MR) is 132 cm³/mol. The molecule has 192 valence electrons. The maximum absolute atomic E-state index is 13.2. The third-order valence-electron chi connectivity index (χ3n) is 5.45. The fraction of sp³-hybridized carbons (Fsp3) is 0.296. The monoisotopic (exact) mass is 502 g/mol. The molecule has 3 rings (SSSR count). The number of carbonyl (C=O) groups is 1. The standard InChI is InChI=1S/C27H29F3N2O4/c1-4-36-23-11-8-20(9-12-23)18-32(15-14-19-10-13-24(34-2)25(16-19)35-3)26(33)31-22-7-5-6-21(17-22)27(28,29)30/h5-13,16-17H,4,14-15,18H2,1-3H3,(H,31,33). The summed E-state index contributed by atoms with van der Waals surface area (Å²) in [5.74, 6) is 1.88. The van der Waals surface area contributed by atoms with Gasteiger partial charge in [0.15, 0.2) is 11.5 Å². The maximum atomic E-state index is 13.2. The molecule has 9 heteroatoms. The quantitative estimate of drug-likeness (QED) is 0.349. The zero-order valence-electron chi connectivity index (χ0n) is 20.4. The molecular formula is C27H29F3N2O4. The lowest BCUT2D eigenvalue weighted by Crippen LogP contribution is -2.36. The summed E-state index contributed by atoms with van der Waals surface area (Å²) in [5, 5.41) is 2.60. The molecule has 0 unspecified atom stereocenters. The highest BCUT2D eigenvalue weighted by Crippen LogP contribution is 2.31. The van der Waals surface area contributed by atoms with Crippen molar-refractivity contribution in [1.29, 1.82) is 0 Å². The molecule has 0 aliphatic rings. The summed E-state index contributed by atoms with van der Waals surface area (Å²) in [6.07, 6.45) is -4.01. The summed E-state index contributed by atoms with van der Waals surface area (Å²) in [6.45, 7) is 3.00. The Labute approximate surface area is 208 Å². The summed E-state index contributed by atoms with van der Waals surface area (Å²) < 4.78 is 55.4. The van der Waals surface area contributed by atoms with Crippen LogP contribution in [-0.4, -0.2) is 38.3 Å². The molecular weight excluding hydrogens is 473 g/mol. The van der Waals surface area contributed by atoms with Crippen LogP contribution >= 0.6 is 0 Å². The highest BCUT2D eigenvalue weighted by atomic mass is 19.4. The molecule has 0 aromatic heterocycles. The average Bonchev–Trinajstić information content (AvgIpc) is 2.87. The topological polar surface area (TPSA) is 60.0 Å². The van der Waals surface area contributed by atoms with Gasteiger partial charge in [0.25, 0.3) is 0 Å². The van der Waals surface area contributed by atoms with E-state index in [-0.39, 0.29) is 12.2 Å². The normalized spacial score (nSPS) is 11.1. The Hall–Kier alpha value is -3.88. The van der Waals surface area contributed by atoms with Crippen molar-refractivity contribution >= 4 is 11.7 Å². The van der Waals surface area contributed by atoms with E-state index in [1.165, 1.54) is 12.1 Å². The fourth-order valence-corrected chi connectivity index (χ4v) is 3.61. The van der Waals surface area contributed by atoms with Gasteiger partial charge in [0, 0.05) is 18.8 Å². The third-order valence-corrected chi connectivity index (χ3v) is 5.45. The number of hydrogen-bond donors (Lipinski definition) is 1. The van der Waals surface area contributed by atoms with Gasteiger partial charge in [-0.25, -0.2) is 4.79 Å². The van der Waals surface area contributed by atoms with Crippen LogP contribution in [0.4, 0.5) is 23.7 Å². The number of rotatable bonds is 10. The molecule has 1 N–H and O–H groups in total. The lowest BCUT2D eigenvalue weighted by molar-refractivity contribution is -0.137. The Balaban J connectivity index is 1.79. The lowest BCUT2D eigenvalue weighted by atomic mass is 10.1. The van der Waals surface area contributed by atoms with Crippen LogP contribution in [0, 0.1) is 0 Å². The van der Waals surface area contributed by atoms with Gasteiger partial charge in [0.1, 0.15) is 5.75 Å². The summed E-state index contributed by atoms with van der Waals surface area (Å²) in [7, 11) is 3.09. The van der Waals surface area contributed by atoms with Crippen molar-refractivity contribution < 1.29 is 32.2 Å². The van der Waals surface area contributed by atoms with Crippen LogP contribution in [0.1, 0.15) is 23.6 Å². The van der Waals surface area contributed by atoms with Crippen LogP contribution in [0.15, 0.2) is 66.7 Å². The number of urea groups is 1. The molecule has 6 nitrogen and oxygen atoms in total. The van der Waals surface area contributed by atoms with Crippen LogP contribution in [0.25, 0.3) is 0 Å². The smallest absolute Gasteiger partial charge is 0.416 e. The highest BCUT2D eigenvalue weighted by Gasteiger charge is 2.30. The number of methoxy groups -OCH3 is 2. The molecule has 0 radical (unpaired) electrons. The van der Waals surface area contributed by atoms with Gasteiger partial charge >= 0.3 is 12.2 Å². The Morgan fingerprint density at radius 2 is 1.61 bits per heavy atom. The van der Waals surface area contributed by atoms with Crippen LogP contribution in [0.3, 0.4) is 0 Å². The van der Waals surface area contributed by atoms with Gasteiger partial charge in [-0.1, -0.05) is 24.3 Å². The van der Waals surface area contributed by atoms with E-state index in [4.69, 9.17) is 14.2 Å². The SMILES string of the molecule is CCOc1ccc(CN(CCc2ccc(OC)c(OC)c2)C(=O)Nc2cccc(C(F)(F)F)c2)cc1. The van der Waals surface area contributed by atoms with Crippen molar-refractivity contribution in [2.75, 3.05) is 32.7 Å². The molecule has 3 aromatic rings. The first kappa shape index (κ1) is 26.7. The number of carbonyl (C=O) groups excluding carboxylic acids is 1. The molecule has 0 aliphatic heterocycles. The molecule has 2 amide bonds. The van der Waals surface area contributed by atoms with E-state index in [9.17, 15) is 18.0 Å². The Bertz CT molecular complexity index is 1150. The van der Waals surface area contributed by atoms with Gasteiger partial charge in [0.05, 0.1) is 26.4 Å². The summed E-state index contributed by atoms with van der Waals surface area (Å²) in [4.78, 5) is 14.7. The second-order valence-corrected chi connectivity index (χ2v) is 7.95. The minimum atomic E-state index is -4.50. The van der Waals surface area contributed by atoms with Crippen LogP contribution in [0.2, 0.25) is 0 Å². The van der Waals surface area contributed by atoms with Crippen LogP contribution < -0.4 is 19.5 Å².